The lowest BCUT2D eigenvalue weighted by molar-refractivity contribution is -0.137. The zero-order valence-corrected chi connectivity index (χ0v) is 9.93. The number of nitrogens with one attached hydrogen (secondary N) is 2. The topological polar surface area (TPSA) is 96.2 Å². The fraction of sp³-hybridized carbons (Fsp3) is 0.545. The molecule has 0 aromatic carbocycles. The molecular formula is C11H16N4O3. The molecule has 0 atom stereocenters. The van der Waals surface area contributed by atoms with Crippen LogP contribution in [0.15, 0.2) is 12.4 Å². The summed E-state index contributed by atoms with van der Waals surface area (Å²) in [6.45, 7) is 0.457. The van der Waals surface area contributed by atoms with E-state index in [4.69, 9.17) is 5.11 Å². The molecule has 1 heterocycles. The van der Waals surface area contributed by atoms with Crippen LogP contribution >= 0.6 is 0 Å². The highest BCUT2D eigenvalue weighted by Crippen LogP contribution is 2.18. The van der Waals surface area contributed by atoms with Crippen molar-refractivity contribution in [2.24, 2.45) is 0 Å². The largest absolute Gasteiger partial charge is 0.480 e. The van der Waals surface area contributed by atoms with Crippen LogP contribution in [-0.2, 0) is 16.1 Å². The quantitative estimate of drug-likeness (QED) is 0.637. The van der Waals surface area contributed by atoms with Gasteiger partial charge < -0.3 is 15.7 Å². The SMILES string of the molecule is O=C(O)Cn1cc(NC(=O)CCNC2CC2)cn1. The molecule has 1 aliphatic rings. The first-order chi connectivity index (χ1) is 8.63. The minimum atomic E-state index is -0.968. The number of amides is 1. The van der Waals surface area contributed by atoms with Crippen LogP contribution in [0.25, 0.3) is 0 Å². The number of anilines is 1. The highest BCUT2D eigenvalue weighted by Gasteiger charge is 2.20. The number of nitrogens with zero attached hydrogens (tertiary/aromatic N) is 2. The van der Waals surface area contributed by atoms with Gasteiger partial charge in [0.2, 0.25) is 5.91 Å². The number of carboxylic acids is 1. The van der Waals surface area contributed by atoms with Crippen molar-refractivity contribution in [1.82, 2.24) is 15.1 Å². The van der Waals surface area contributed by atoms with Gasteiger partial charge in [-0.3, -0.25) is 14.3 Å². The smallest absolute Gasteiger partial charge is 0.325 e. The molecule has 1 aliphatic carbocycles. The van der Waals surface area contributed by atoms with Gasteiger partial charge in [-0.2, -0.15) is 5.10 Å². The molecule has 0 bridgehead atoms. The summed E-state index contributed by atoms with van der Waals surface area (Å²) in [5.74, 6) is -1.07. The van der Waals surface area contributed by atoms with Gasteiger partial charge in [0.1, 0.15) is 6.54 Å². The van der Waals surface area contributed by atoms with E-state index in [1.807, 2.05) is 0 Å². The van der Waals surface area contributed by atoms with Gasteiger partial charge in [-0.05, 0) is 12.8 Å². The number of carboxylic acid groups (broad SMARTS) is 1. The van der Waals surface area contributed by atoms with Crippen molar-refractivity contribution in [3.8, 4) is 0 Å². The first kappa shape index (κ1) is 12.6. The van der Waals surface area contributed by atoms with E-state index in [1.165, 1.54) is 29.9 Å². The number of rotatable bonds is 7. The molecule has 0 saturated heterocycles. The van der Waals surface area contributed by atoms with E-state index >= 15 is 0 Å². The first-order valence-corrected chi connectivity index (χ1v) is 5.91. The number of carbonyl (C=O) groups is 2. The summed E-state index contributed by atoms with van der Waals surface area (Å²) in [5, 5.41) is 18.3. The van der Waals surface area contributed by atoms with Crippen molar-refractivity contribution >= 4 is 17.6 Å². The lowest BCUT2D eigenvalue weighted by Gasteiger charge is -2.03. The van der Waals surface area contributed by atoms with Crippen molar-refractivity contribution in [2.75, 3.05) is 11.9 Å². The van der Waals surface area contributed by atoms with Gasteiger partial charge in [-0.1, -0.05) is 0 Å². The molecule has 0 aliphatic heterocycles. The number of aromatic nitrogens is 2. The molecule has 18 heavy (non-hydrogen) atoms. The molecule has 1 saturated carbocycles. The molecule has 1 aromatic heterocycles. The normalized spacial score (nSPS) is 14.4. The fourth-order valence-electron chi connectivity index (χ4n) is 1.55. The zero-order chi connectivity index (χ0) is 13.0. The number of aliphatic carboxylic acids is 1. The molecule has 98 valence electrons. The zero-order valence-electron chi connectivity index (χ0n) is 9.93. The molecule has 1 fully saturated rings. The van der Waals surface area contributed by atoms with Crippen LogP contribution < -0.4 is 10.6 Å². The number of hydrogen-bond acceptors (Lipinski definition) is 4. The summed E-state index contributed by atoms with van der Waals surface area (Å²) in [4.78, 5) is 22.0. The molecule has 2 rings (SSSR count). The molecule has 0 radical (unpaired) electrons. The van der Waals surface area contributed by atoms with Crippen LogP contribution in [0.2, 0.25) is 0 Å². The van der Waals surface area contributed by atoms with Crippen LogP contribution in [0.1, 0.15) is 19.3 Å². The highest BCUT2D eigenvalue weighted by molar-refractivity contribution is 5.90. The van der Waals surface area contributed by atoms with Crippen LogP contribution in [-0.4, -0.2) is 39.4 Å². The van der Waals surface area contributed by atoms with Crippen molar-refractivity contribution in [3.05, 3.63) is 12.4 Å². The summed E-state index contributed by atoms with van der Waals surface area (Å²) < 4.78 is 1.26. The molecule has 1 amide bonds. The second kappa shape index (κ2) is 5.63. The summed E-state index contributed by atoms with van der Waals surface area (Å²) in [7, 11) is 0. The van der Waals surface area contributed by atoms with Gasteiger partial charge in [-0.15, -0.1) is 0 Å². The molecule has 1 aromatic rings. The van der Waals surface area contributed by atoms with E-state index < -0.39 is 5.97 Å². The van der Waals surface area contributed by atoms with E-state index in [1.54, 1.807) is 0 Å². The van der Waals surface area contributed by atoms with Gasteiger partial charge >= 0.3 is 5.97 Å². The average molecular weight is 252 g/mol. The van der Waals surface area contributed by atoms with E-state index in [-0.39, 0.29) is 12.5 Å². The first-order valence-electron chi connectivity index (χ1n) is 5.91. The van der Waals surface area contributed by atoms with Crippen LogP contribution in [0.3, 0.4) is 0 Å². The maximum absolute atomic E-state index is 11.5. The Labute approximate surface area is 104 Å². The van der Waals surface area contributed by atoms with Crippen molar-refractivity contribution in [1.29, 1.82) is 0 Å². The Kier molecular flexibility index (Phi) is 3.93. The second-order valence-corrected chi connectivity index (χ2v) is 4.35. The molecule has 3 N–H and O–H groups in total. The lowest BCUT2D eigenvalue weighted by atomic mass is 10.4. The Morgan fingerprint density at radius 2 is 2.28 bits per heavy atom. The van der Waals surface area contributed by atoms with Crippen LogP contribution in [0.4, 0.5) is 5.69 Å². The Morgan fingerprint density at radius 3 is 2.94 bits per heavy atom. The Bertz CT molecular complexity index is 439. The predicted octanol–water partition coefficient (Wildman–Crippen LogP) is 0.0483. The van der Waals surface area contributed by atoms with Gasteiger partial charge in [0.15, 0.2) is 0 Å². The molecule has 7 heteroatoms. The number of hydrogen-bond donors (Lipinski definition) is 3. The third-order valence-corrected chi connectivity index (χ3v) is 2.58. The van der Waals surface area contributed by atoms with Crippen molar-refractivity contribution in [2.45, 2.75) is 31.8 Å². The third kappa shape index (κ3) is 4.17. The molecule has 7 nitrogen and oxygen atoms in total. The minimum Gasteiger partial charge on any atom is -0.480 e. The summed E-state index contributed by atoms with van der Waals surface area (Å²) in [6.07, 6.45) is 5.74. The Balaban J connectivity index is 1.71. The second-order valence-electron chi connectivity index (χ2n) is 4.35. The third-order valence-electron chi connectivity index (χ3n) is 2.58. The van der Waals surface area contributed by atoms with Gasteiger partial charge in [0.25, 0.3) is 0 Å². The summed E-state index contributed by atoms with van der Waals surface area (Å²) in [5.41, 5.74) is 0.521. The maximum Gasteiger partial charge on any atom is 0.325 e. The Hall–Kier alpha value is -1.89. The standard InChI is InChI=1S/C11H16N4O3/c16-10(3-4-12-8-1-2-8)14-9-5-13-15(6-9)7-11(17)18/h5-6,8,12H,1-4,7H2,(H,14,16)(H,17,18). The van der Waals surface area contributed by atoms with Crippen molar-refractivity contribution in [3.63, 3.8) is 0 Å². The van der Waals surface area contributed by atoms with Gasteiger partial charge in [-0.25, -0.2) is 0 Å². The van der Waals surface area contributed by atoms with Crippen molar-refractivity contribution < 1.29 is 14.7 Å². The summed E-state index contributed by atoms with van der Waals surface area (Å²) >= 11 is 0. The Morgan fingerprint density at radius 1 is 1.50 bits per heavy atom. The molecule has 0 spiro atoms. The van der Waals surface area contributed by atoms with E-state index in [2.05, 4.69) is 15.7 Å². The monoisotopic (exact) mass is 252 g/mol. The minimum absolute atomic E-state index is 0.0991. The van der Waals surface area contributed by atoms with E-state index in [0.717, 1.165) is 0 Å². The lowest BCUT2D eigenvalue weighted by Crippen LogP contribution is -2.23. The van der Waals surface area contributed by atoms with Crippen LogP contribution in [0, 0.1) is 0 Å². The highest BCUT2D eigenvalue weighted by atomic mass is 16.4. The predicted molar refractivity (Wildman–Crippen MR) is 64.1 cm³/mol. The number of carbonyl (C=O) groups excluding carboxylic acids is 1. The van der Waals surface area contributed by atoms with Crippen LogP contribution in [0.5, 0.6) is 0 Å². The molecular weight excluding hydrogens is 236 g/mol. The fourth-order valence-corrected chi connectivity index (χ4v) is 1.55. The van der Waals surface area contributed by atoms with E-state index in [9.17, 15) is 9.59 Å². The average Bonchev–Trinajstić information content (AvgIpc) is 3.00. The maximum atomic E-state index is 11.5. The molecule has 0 unspecified atom stereocenters. The van der Waals surface area contributed by atoms with E-state index in [0.29, 0.717) is 24.7 Å². The summed E-state index contributed by atoms with van der Waals surface area (Å²) in [6, 6.07) is 0.594. The van der Waals surface area contributed by atoms with Gasteiger partial charge in [0.05, 0.1) is 11.9 Å². The van der Waals surface area contributed by atoms with Gasteiger partial charge in [0, 0.05) is 25.2 Å².